The van der Waals surface area contributed by atoms with Crippen LogP contribution < -0.4 is 4.72 Å². The summed E-state index contributed by atoms with van der Waals surface area (Å²) in [5.41, 5.74) is 2.78. The number of nitrogens with one attached hydrogen (secondary N) is 1. The molecule has 1 rings (SSSR count). The van der Waals surface area contributed by atoms with Gasteiger partial charge in [0, 0.05) is 0 Å². The summed E-state index contributed by atoms with van der Waals surface area (Å²) in [6.07, 6.45) is 1.57. The molecule has 0 heterocycles. The third kappa shape index (κ3) is 4.02. The Morgan fingerprint density at radius 2 is 1.94 bits per heavy atom. The largest absolute Gasteiger partial charge is 0.283 e. The minimum Gasteiger partial charge on any atom is -0.283 e. The maximum Gasteiger partial charge on any atom is 0.232 e. The zero-order valence-electron chi connectivity index (χ0n) is 11.7. The quantitative estimate of drug-likeness (QED) is 0.856. The van der Waals surface area contributed by atoms with Crippen LogP contribution in [0.25, 0.3) is 0 Å². The van der Waals surface area contributed by atoms with E-state index in [-0.39, 0.29) is 5.75 Å². The van der Waals surface area contributed by atoms with E-state index >= 15 is 0 Å². The van der Waals surface area contributed by atoms with Gasteiger partial charge >= 0.3 is 0 Å². The third-order valence-corrected chi connectivity index (χ3v) is 4.29. The summed E-state index contributed by atoms with van der Waals surface area (Å²) in [5.74, 6) is 0.490. The molecule has 1 N–H and O–H groups in total. The van der Waals surface area contributed by atoms with Gasteiger partial charge in [0.1, 0.15) is 0 Å². The molecule has 0 amide bonds. The molecule has 0 radical (unpaired) electrons. The molecule has 0 aromatic heterocycles. The van der Waals surface area contributed by atoms with Crippen molar-refractivity contribution in [3.05, 3.63) is 29.3 Å². The molecule has 102 valence electrons. The minimum absolute atomic E-state index is 0.190. The van der Waals surface area contributed by atoms with Gasteiger partial charge in [-0.25, -0.2) is 8.42 Å². The van der Waals surface area contributed by atoms with E-state index in [9.17, 15) is 8.42 Å². The van der Waals surface area contributed by atoms with E-state index in [0.717, 1.165) is 23.2 Å². The molecule has 4 heteroatoms. The van der Waals surface area contributed by atoms with Gasteiger partial charge in [0.2, 0.25) is 10.0 Å². The van der Waals surface area contributed by atoms with Crippen molar-refractivity contribution >= 4 is 15.7 Å². The summed E-state index contributed by atoms with van der Waals surface area (Å²) >= 11 is 0. The van der Waals surface area contributed by atoms with Crippen molar-refractivity contribution in [3.63, 3.8) is 0 Å². The van der Waals surface area contributed by atoms with E-state index in [1.807, 2.05) is 32.0 Å². The van der Waals surface area contributed by atoms with Crippen LogP contribution in [0, 0.1) is 6.92 Å². The van der Waals surface area contributed by atoms with Gasteiger partial charge in [0.25, 0.3) is 0 Å². The lowest BCUT2D eigenvalue weighted by Crippen LogP contribution is -2.18. The molecule has 0 bridgehead atoms. The summed E-state index contributed by atoms with van der Waals surface area (Å²) in [6.45, 7) is 8.06. The van der Waals surface area contributed by atoms with Crippen molar-refractivity contribution in [2.45, 2.75) is 46.5 Å². The van der Waals surface area contributed by atoms with Crippen LogP contribution in [0.15, 0.2) is 18.2 Å². The maximum atomic E-state index is 12.0. The Labute approximate surface area is 111 Å². The molecule has 0 aliphatic heterocycles. The highest BCUT2D eigenvalue weighted by Gasteiger charge is 2.15. The summed E-state index contributed by atoms with van der Waals surface area (Å²) in [6, 6.07) is 5.88. The van der Waals surface area contributed by atoms with Crippen LogP contribution in [-0.4, -0.2) is 14.2 Å². The van der Waals surface area contributed by atoms with Gasteiger partial charge in [-0.15, -0.1) is 0 Å². The number of unbranched alkanes of at least 4 members (excludes halogenated alkanes) is 1. The smallest absolute Gasteiger partial charge is 0.232 e. The third-order valence-electron chi connectivity index (χ3n) is 2.95. The van der Waals surface area contributed by atoms with E-state index in [2.05, 4.69) is 18.6 Å². The minimum atomic E-state index is -3.23. The predicted molar refractivity (Wildman–Crippen MR) is 77.6 cm³/mol. The Morgan fingerprint density at radius 1 is 1.28 bits per heavy atom. The molecule has 0 fully saturated rings. The van der Waals surface area contributed by atoms with Crippen LogP contribution in [0.5, 0.6) is 0 Å². The average Bonchev–Trinajstić information content (AvgIpc) is 2.28. The highest BCUT2D eigenvalue weighted by molar-refractivity contribution is 7.92. The standard InChI is InChI=1S/C14H23NO2S/c1-5-6-10-18(16,17)15-14-12(4)8-7-9-13(14)11(2)3/h7-9,11,15H,5-6,10H2,1-4H3. The monoisotopic (exact) mass is 269 g/mol. The molecule has 0 saturated heterocycles. The van der Waals surface area contributed by atoms with Gasteiger partial charge in [-0.1, -0.05) is 45.4 Å². The number of hydrogen-bond acceptors (Lipinski definition) is 2. The van der Waals surface area contributed by atoms with Crippen molar-refractivity contribution in [2.24, 2.45) is 0 Å². The van der Waals surface area contributed by atoms with Crippen molar-refractivity contribution in [1.82, 2.24) is 0 Å². The summed E-state index contributed by atoms with van der Waals surface area (Å²) < 4.78 is 26.7. The summed E-state index contributed by atoms with van der Waals surface area (Å²) in [7, 11) is -3.23. The second-order valence-electron chi connectivity index (χ2n) is 4.97. The van der Waals surface area contributed by atoms with Crippen molar-refractivity contribution in [3.8, 4) is 0 Å². The van der Waals surface area contributed by atoms with Crippen LogP contribution in [0.4, 0.5) is 5.69 Å². The Kier molecular flexibility index (Phi) is 5.20. The van der Waals surface area contributed by atoms with Gasteiger partial charge in [-0.3, -0.25) is 4.72 Å². The second-order valence-corrected chi connectivity index (χ2v) is 6.81. The molecule has 18 heavy (non-hydrogen) atoms. The number of sulfonamides is 1. The predicted octanol–water partition coefficient (Wildman–Crippen LogP) is 3.66. The number of para-hydroxylation sites is 1. The topological polar surface area (TPSA) is 46.2 Å². The molecule has 1 aromatic rings. The zero-order valence-corrected chi connectivity index (χ0v) is 12.5. The number of benzene rings is 1. The Bertz CT molecular complexity index is 493. The van der Waals surface area contributed by atoms with E-state index in [1.165, 1.54) is 0 Å². The first-order valence-corrected chi connectivity index (χ1v) is 8.12. The lowest BCUT2D eigenvalue weighted by atomic mass is 9.99. The van der Waals surface area contributed by atoms with Crippen molar-refractivity contribution in [2.75, 3.05) is 10.5 Å². The van der Waals surface area contributed by atoms with E-state index in [4.69, 9.17) is 0 Å². The van der Waals surface area contributed by atoms with Gasteiger partial charge in [0.05, 0.1) is 11.4 Å². The SMILES string of the molecule is CCCCS(=O)(=O)Nc1c(C)cccc1C(C)C. The molecule has 0 saturated carbocycles. The Morgan fingerprint density at radius 3 is 2.50 bits per heavy atom. The fourth-order valence-electron chi connectivity index (χ4n) is 1.85. The van der Waals surface area contributed by atoms with Gasteiger partial charge in [-0.2, -0.15) is 0 Å². The number of aryl methyl sites for hydroxylation is 1. The summed E-state index contributed by atoms with van der Waals surface area (Å²) in [5, 5.41) is 0. The van der Waals surface area contributed by atoms with Crippen LogP contribution in [0.2, 0.25) is 0 Å². The fourth-order valence-corrected chi connectivity index (χ4v) is 3.21. The molecule has 0 spiro atoms. The first-order valence-electron chi connectivity index (χ1n) is 6.47. The second kappa shape index (κ2) is 6.23. The number of hydrogen-bond donors (Lipinski definition) is 1. The summed E-state index contributed by atoms with van der Waals surface area (Å²) in [4.78, 5) is 0. The van der Waals surface area contributed by atoms with E-state index < -0.39 is 10.0 Å². The molecule has 1 aromatic carbocycles. The fraction of sp³-hybridized carbons (Fsp3) is 0.571. The molecule has 0 unspecified atom stereocenters. The van der Waals surface area contributed by atoms with Gasteiger partial charge in [0.15, 0.2) is 0 Å². The lowest BCUT2D eigenvalue weighted by molar-refractivity contribution is 0.597. The van der Waals surface area contributed by atoms with Gasteiger partial charge < -0.3 is 0 Å². The molecular weight excluding hydrogens is 246 g/mol. The first kappa shape index (κ1) is 15.0. The van der Waals surface area contributed by atoms with Crippen LogP contribution in [0.1, 0.15) is 50.7 Å². The van der Waals surface area contributed by atoms with Gasteiger partial charge in [-0.05, 0) is 30.4 Å². The van der Waals surface area contributed by atoms with E-state index in [0.29, 0.717) is 12.3 Å². The normalized spacial score (nSPS) is 11.8. The molecule has 0 atom stereocenters. The van der Waals surface area contributed by atoms with Crippen molar-refractivity contribution in [1.29, 1.82) is 0 Å². The van der Waals surface area contributed by atoms with Crippen molar-refractivity contribution < 1.29 is 8.42 Å². The molecular formula is C14H23NO2S. The number of anilines is 1. The zero-order chi connectivity index (χ0) is 13.8. The molecule has 0 aliphatic rings. The van der Waals surface area contributed by atoms with Crippen LogP contribution in [-0.2, 0) is 10.0 Å². The first-order chi connectivity index (χ1) is 8.37. The Balaban J connectivity index is 3.03. The Hall–Kier alpha value is -1.03. The average molecular weight is 269 g/mol. The number of rotatable bonds is 6. The maximum absolute atomic E-state index is 12.0. The molecule has 0 aliphatic carbocycles. The van der Waals surface area contributed by atoms with E-state index in [1.54, 1.807) is 0 Å². The highest BCUT2D eigenvalue weighted by Crippen LogP contribution is 2.28. The highest BCUT2D eigenvalue weighted by atomic mass is 32.2. The van der Waals surface area contributed by atoms with Crippen LogP contribution in [0.3, 0.4) is 0 Å². The molecule has 3 nitrogen and oxygen atoms in total. The lowest BCUT2D eigenvalue weighted by Gasteiger charge is -2.17. The van der Waals surface area contributed by atoms with Crippen LogP contribution >= 0.6 is 0 Å².